The second-order valence-electron chi connectivity index (χ2n) is 7.05. The molecule has 0 spiro atoms. The number of benzene rings is 1. The molecule has 3 heterocycles. The van der Waals surface area contributed by atoms with Gasteiger partial charge in [-0.05, 0) is 43.0 Å². The van der Waals surface area contributed by atoms with Crippen LogP contribution in [0.5, 0.6) is 0 Å². The summed E-state index contributed by atoms with van der Waals surface area (Å²) in [5.41, 5.74) is 3.11. The molecule has 5 heteroatoms. The van der Waals surface area contributed by atoms with E-state index in [1.807, 2.05) is 63.8 Å². The molecule has 1 fully saturated rings. The first-order chi connectivity index (χ1) is 12.7. The summed E-state index contributed by atoms with van der Waals surface area (Å²) < 4.78 is 4.05. The van der Waals surface area contributed by atoms with Crippen molar-refractivity contribution in [2.45, 2.75) is 32.4 Å². The molecule has 1 aliphatic heterocycles. The Balaban J connectivity index is 1.50. The quantitative estimate of drug-likeness (QED) is 0.724. The fourth-order valence-electron chi connectivity index (χ4n) is 3.68. The monoisotopic (exact) mass is 348 g/mol. The molecule has 134 valence electrons. The maximum absolute atomic E-state index is 13.1. The van der Waals surface area contributed by atoms with E-state index in [1.54, 1.807) is 0 Å². The molecule has 0 aliphatic carbocycles. The number of aryl methyl sites for hydroxylation is 1. The van der Waals surface area contributed by atoms with E-state index in [1.165, 1.54) is 5.56 Å². The van der Waals surface area contributed by atoms with E-state index in [4.69, 9.17) is 0 Å². The summed E-state index contributed by atoms with van der Waals surface area (Å²) in [6, 6.07) is 14.4. The molecule has 1 saturated heterocycles. The van der Waals surface area contributed by atoms with Crippen molar-refractivity contribution in [1.82, 2.24) is 19.2 Å². The van der Waals surface area contributed by atoms with Gasteiger partial charge in [-0.25, -0.2) is 0 Å². The van der Waals surface area contributed by atoms with E-state index in [0.717, 1.165) is 37.2 Å². The Morgan fingerprint density at radius 1 is 1.19 bits per heavy atom. The summed E-state index contributed by atoms with van der Waals surface area (Å²) in [4.78, 5) is 15.1. The zero-order chi connectivity index (χ0) is 17.9. The van der Waals surface area contributed by atoms with E-state index in [9.17, 15) is 4.79 Å². The van der Waals surface area contributed by atoms with E-state index < -0.39 is 0 Å². The number of likely N-dealkylation sites (tertiary alicyclic amines) is 1. The lowest BCUT2D eigenvalue weighted by Crippen LogP contribution is -2.41. The minimum absolute atomic E-state index is 0.111. The summed E-state index contributed by atoms with van der Waals surface area (Å²) in [7, 11) is 0. The highest BCUT2D eigenvalue weighted by molar-refractivity contribution is 5.92. The fourth-order valence-corrected chi connectivity index (χ4v) is 3.68. The molecule has 2 aromatic heterocycles. The van der Waals surface area contributed by atoms with Crippen molar-refractivity contribution < 1.29 is 4.79 Å². The largest absolute Gasteiger partial charge is 0.339 e. The molecule has 1 amide bonds. The van der Waals surface area contributed by atoms with Crippen molar-refractivity contribution in [2.24, 2.45) is 0 Å². The summed E-state index contributed by atoms with van der Waals surface area (Å²) in [6.45, 7) is 4.29. The van der Waals surface area contributed by atoms with Crippen LogP contribution in [0.4, 0.5) is 0 Å². The highest BCUT2D eigenvalue weighted by atomic mass is 16.2. The van der Waals surface area contributed by atoms with Crippen LogP contribution in [0.1, 0.15) is 40.5 Å². The maximum Gasteiger partial charge on any atom is 0.270 e. The number of nitrogens with zero attached hydrogens (tertiary/aromatic N) is 4. The predicted octanol–water partition coefficient (Wildman–Crippen LogP) is 3.52. The normalized spacial score (nSPS) is 17.4. The van der Waals surface area contributed by atoms with Crippen LogP contribution in [-0.2, 0) is 6.54 Å². The smallest absolute Gasteiger partial charge is 0.270 e. The summed E-state index contributed by atoms with van der Waals surface area (Å²) in [5.74, 6) is 0.111. The predicted molar refractivity (Wildman–Crippen MR) is 101 cm³/mol. The van der Waals surface area contributed by atoms with E-state index in [-0.39, 0.29) is 11.9 Å². The molecule has 3 aromatic rings. The molecule has 4 rings (SSSR count). The zero-order valence-electron chi connectivity index (χ0n) is 15.1. The molecule has 1 aliphatic rings. The minimum atomic E-state index is 0.111. The summed E-state index contributed by atoms with van der Waals surface area (Å²) in [5, 5.41) is 4.44. The van der Waals surface area contributed by atoms with Crippen molar-refractivity contribution in [3.8, 4) is 0 Å². The number of amides is 1. The van der Waals surface area contributed by atoms with Crippen LogP contribution in [0.15, 0.2) is 61.1 Å². The Morgan fingerprint density at radius 2 is 2.04 bits per heavy atom. The molecule has 0 radical (unpaired) electrons. The van der Waals surface area contributed by atoms with Gasteiger partial charge in [0.15, 0.2) is 0 Å². The molecule has 0 N–H and O–H groups in total. The summed E-state index contributed by atoms with van der Waals surface area (Å²) in [6.07, 6.45) is 8.01. The first-order valence-corrected chi connectivity index (χ1v) is 9.20. The first-order valence-electron chi connectivity index (χ1n) is 9.20. The number of piperidine rings is 1. The molecule has 0 saturated carbocycles. The van der Waals surface area contributed by atoms with Gasteiger partial charge in [0.05, 0.1) is 12.2 Å². The average Bonchev–Trinajstić information content (AvgIpc) is 3.31. The lowest BCUT2D eigenvalue weighted by atomic mass is 10.1. The van der Waals surface area contributed by atoms with Gasteiger partial charge in [-0.2, -0.15) is 5.10 Å². The van der Waals surface area contributed by atoms with Crippen LogP contribution < -0.4 is 0 Å². The van der Waals surface area contributed by atoms with Crippen LogP contribution in [0.2, 0.25) is 0 Å². The van der Waals surface area contributed by atoms with Crippen molar-refractivity contribution in [3.05, 3.63) is 77.9 Å². The number of rotatable bonds is 4. The van der Waals surface area contributed by atoms with Crippen molar-refractivity contribution in [3.63, 3.8) is 0 Å². The molecular weight excluding hydrogens is 324 g/mol. The van der Waals surface area contributed by atoms with Gasteiger partial charge in [0.25, 0.3) is 5.91 Å². The molecule has 1 aromatic carbocycles. The Morgan fingerprint density at radius 3 is 2.81 bits per heavy atom. The van der Waals surface area contributed by atoms with Gasteiger partial charge in [-0.1, -0.05) is 30.3 Å². The second-order valence-corrected chi connectivity index (χ2v) is 7.05. The number of carbonyl (C=O) groups excluding carboxylic acids is 1. The number of hydrogen-bond donors (Lipinski definition) is 0. The van der Waals surface area contributed by atoms with E-state index >= 15 is 0 Å². The Hall–Kier alpha value is -2.82. The summed E-state index contributed by atoms with van der Waals surface area (Å²) >= 11 is 0. The van der Waals surface area contributed by atoms with Crippen LogP contribution >= 0.6 is 0 Å². The van der Waals surface area contributed by atoms with Crippen molar-refractivity contribution >= 4 is 5.91 Å². The van der Waals surface area contributed by atoms with Gasteiger partial charge in [0.1, 0.15) is 5.69 Å². The molecular formula is C21H24N4O. The van der Waals surface area contributed by atoms with Crippen LogP contribution in [-0.4, -0.2) is 38.2 Å². The second kappa shape index (κ2) is 7.20. The Labute approximate surface area is 153 Å². The number of carbonyl (C=O) groups is 1. The van der Waals surface area contributed by atoms with Crippen molar-refractivity contribution in [2.75, 3.05) is 13.1 Å². The highest BCUT2D eigenvalue weighted by Gasteiger charge is 2.27. The lowest BCUT2D eigenvalue weighted by molar-refractivity contribution is 0.0662. The van der Waals surface area contributed by atoms with Gasteiger partial charge in [0, 0.05) is 32.0 Å². The van der Waals surface area contributed by atoms with Crippen LogP contribution in [0.25, 0.3) is 0 Å². The zero-order valence-corrected chi connectivity index (χ0v) is 15.1. The molecule has 0 bridgehead atoms. The lowest BCUT2D eigenvalue weighted by Gasteiger charge is -2.33. The molecule has 1 atom stereocenters. The van der Waals surface area contributed by atoms with Crippen molar-refractivity contribution in [1.29, 1.82) is 0 Å². The fraction of sp³-hybridized carbons (Fsp3) is 0.333. The SMILES string of the molecule is Cc1cnn(C2CCCN(C(=O)c3cccn3Cc3ccccc3)C2)c1. The molecule has 26 heavy (non-hydrogen) atoms. The van der Waals surface area contributed by atoms with Gasteiger partial charge in [0.2, 0.25) is 0 Å². The van der Waals surface area contributed by atoms with E-state index in [0.29, 0.717) is 6.54 Å². The maximum atomic E-state index is 13.1. The third kappa shape index (κ3) is 3.43. The third-order valence-corrected chi connectivity index (χ3v) is 5.03. The van der Waals surface area contributed by atoms with Gasteiger partial charge >= 0.3 is 0 Å². The topological polar surface area (TPSA) is 43.1 Å². The van der Waals surface area contributed by atoms with Crippen LogP contribution in [0.3, 0.4) is 0 Å². The third-order valence-electron chi connectivity index (χ3n) is 5.03. The molecule has 1 unspecified atom stereocenters. The number of aromatic nitrogens is 3. The Kier molecular flexibility index (Phi) is 4.61. The van der Waals surface area contributed by atoms with Gasteiger partial charge in [-0.3, -0.25) is 9.48 Å². The standard InChI is InChI=1S/C21H24N4O/c1-17-13-22-25(14-17)19-9-5-12-24(16-19)21(26)20-10-6-11-23(20)15-18-7-3-2-4-8-18/h2-4,6-8,10-11,13-14,19H,5,9,12,15-16H2,1H3. The molecule has 5 nitrogen and oxygen atoms in total. The van der Waals surface area contributed by atoms with E-state index in [2.05, 4.69) is 23.4 Å². The minimum Gasteiger partial charge on any atom is -0.339 e. The van der Waals surface area contributed by atoms with Gasteiger partial charge < -0.3 is 9.47 Å². The van der Waals surface area contributed by atoms with Crippen LogP contribution in [0, 0.1) is 6.92 Å². The number of hydrogen-bond acceptors (Lipinski definition) is 2. The van der Waals surface area contributed by atoms with Gasteiger partial charge in [-0.15, -0.1) is 0 Å². The first kappa shape index (κ1) is 16.6. The Bertz CT molecular complexity index is 880. The average molecular weight is 348 g/mol. The highest BCUT2D eigenvalue weighted by Crippen LogP contribution is 2.23.